The van der Waals surface area contributed by atoms with Crippen molar-refractivity contribution in [3.05, 3.63) is 77.0 Å². The number of ether oxygens (including phenoxy) is 1. The van der Waals surface area contributed by atoms with Crippen LogP contribution in [-0.2, 0) is 4.74 Å². The second-order valence-electron chi connectivity index (χ2n) is 7.51. The molecule has 3 aromatic carbocycles. The fraction of sp³-hybridized carbons (Fsp3) is 0.160. The van der Waals surface area contributed by atoms with Gasteiger partial charge in [-0.05, 0) is 36.4 Å². The Kier molecular flexibility index (Phi) is 3.89. The molecule has 1 saturated heterocycles. The Hall–Kier alpha value is -3.57. The quantitative estimate of drug-likeness (QED) is 0.410. The van der Waals surface area contributed by atoms with Crippen molar-refractivity contribution in [3.63, 3.8) is 0 Å². The molecular weight excluding hydrogens is 378 g/mol. The van der Waals surface area contributed by atoms with E-state index < -0.39 is 0 Å². The van der Waals surface area contributed by atoms with Crippen LogP contribution in [0.1, 0.15) is 0 Å². The molecule has 0 unspecified atom stereocenters. The second kappa shape index (κ2) is 6.75. The number of hydrogen-bond acceptors (Lipinski definition) is 5. The van der Waals surface area contributed by atoms with Crippen molar-refractivity contribution in [2.24, 2.45) is 0 Å². The third-order valence-corrected chi connectivity index (χ3v) is 5.74. The number of rotatable bonds is 2. The zero-order valence-electron chi connectivity index (χ0n) is 16.3. The third kappa shape index (κ3) is 2.63. The molecule has 0 saturated carbocycles. The first-order chi connectivity index (χ1) is 14.8. The number of para-hydroxylation sites is 2. The van der Waals surface area contributed by atoms with Crippen LogP contribution in [-0.4, -0.2) is 26.3 Å². The Morgan fingerprint density at radius 2 is 1.37 bits per heavy atom. The van der Waals surface area contributed by atoms with Gasteiger partial charge in [-0.3, -0.25) is 4.79 Å². The molecule has 6 rings (SSSR count). The van der Waals surface area contributed by atoms with E-state index in [-0.39, 0.29) is 5.43 Å². The number of hydrogen-bond donors (Lipinski definition) is 0. The van der Waals surface area contributed by atoms with Gasteiger partial charge in [0, 0.05) is 29.4 Å². The molecule has 0 bridgehead atoms. The summed E-state index contributed by atoms with van der Waals surface area (Å²) in [6.07, 6.45) is 0. The maximum Gasteiger partial charge on any atom is 0.216 e. The molecule has 0 aliphatic carbocycles. The Morgan fingerprint density at radius 1 is 0.700 bits per heavy atom. The van der Waals surface area contributed by atoms with Gasteiger partial charge in [0.2, 0.25) is 5.43 Å². The fourth-order valence-electron chi connectivity index (χ4n) is 4.27. The molecule has 148 valence electrons. The van der Waals surface area contributed by atoms with E-state index in [1.165, 1.54) is 0 Å². The smallest absolute Gasteiger partial charge is 0.216 e. The summed E-state index contributed by atoms with van der Waals surface area (Å²) >= 11 is 0. The van der Waals surface area contributed by atoms with Crippen LogP contribution >= 0.6 is 0 Å². The number of anilines is 1. The molecular formula is C25H19NO4. The lowest BCUT2D eigenvalue weighted by atomic mass is 10.0. The van der Waals surface area contributed by atoms with E-state index in [1.54, 1.807) is 0 Å². The van der Waals surface area contributed by atoms with Gasteiger partial charge in [0.1, 0.15) is 22.4 Å². The van der Waals surface area contributed by atoms with Gasteiger partial charge in [-0.2, -0.15) is 0 Å². The summed E-state index contributed by atoms with van der Waals surface area (Å²) in [6, 6.07) is 21.3. The Bertz CT molecular complexity index is 1460. The van der Waals surface area contributed by atoms with Crippen molar-refractivity contribution < 1.29 is 13.6 Å². The van der Waals surface area contributed by atoms with E-state index in [9.17, 15) is 4.79 Å². The van der Waals surface area contributed by atoms with Crippen molar-refractivity contribution >= 4 is 38.6 Å². The van der Waals surface area contributed by atoms with E-state index in [0.717, 1.165) is 27.5 Å². The average Bonchev–Trinajstić information content (AvgIpc) is 3.17. The summed E-state index contributed by atoms with van der Waals surface area (Å²) in [5.41, 5.74) is 3.70. The normalized spacial score (nSPS) is 14.7. The predicted molar refractivity (Wildman–Crippen MR) is 118 cm³/mol. The molecule has 5 aromatic rings. The molecule has 5 nitrogen and oxygen atoms in total. The van der Waals surface area contributed by atoms with Crippen LogP contribution in [0, 0.1) is 0 Å². The Labute approximate surface area is 172 Å². The standard InChI is InChI=1S/C25H19NO4/c27-24-18-6-2-4-8-21(18)30-25(23(24)26-11-13-28-14-12-26)16-9-10-22-19(15-16)17-5-1-3-7-20(17)29-22/h1-10,15H,11-14H2. The van der Waals surface area contributed by atoms with E-state index in [0.29, 0.717) is 48.7 Å². The highest BCUT2D eigenvalue weighted by Gasteiger charge is 2.23. The zero-order valence-corrected chi connectivity index (χ0v) is 16.3. The number of furan rings is 1. The van der Waals surface area contributed by atoms with Crippen molar-refractivity contribution in [1.29, 1.82) is 0 Å². The predicted octanol–water partition coefficient (Wildman–Crippen LogP) is 5.20. The zero-order chi connectivity index (χ0) is 20.1. The highest BCUT2D eigenvalue weighted by atomic mass is 16.5. The first-order valence-corrected chi connectivity index (χ1v) is 10.1. The summed E-state index contributed by atoms with van der Waals surface area (Å²) in [5, 5.41) is 2.65. The summed E-state index contributed by atoms with van der Waals surface area (Å²) in [5.74, 6) is 0.591. The lowest BCUT2D eigenvalue weighted by molar-refractivity contribution is 0.122. The van der Waals surface area contributed by atoms with Gasteiger partial charge < -0.3 is 18.5 Å². The minimum Gasteiger partial charge on any atom is -0.456 e. The minimum atomic E-state index is -0.00843. The molecule has 5 heteroatoms. The summed E-state index contributed by atoms with van der Waals surface area (Å²) in [4.78, 5) is 15.6. The molecule has 1 fully saturated rings. The highest BCUT2D eigenvalue weighted by molar-refractivity contribution is 6.06. The largest absolute Gasteiger partial charge is 0.456 e. The molecule has 30 heavy (non-hydrogen) atoms. The van der Waals surface area contributed by atoms with Gasteiger partial charge in [0.05, 0.1) is 18.6 Å². The molecule has 0 amide bonds. The number of nitrogens with zero attached hydrogens (tertiary/aromatic N) is 1. The number of fused-ring (bicyclic) bond motifs is 4. The van der Waals surface area contributed by atoms with Crippen LogP contribution in [0.5, 0.6) is 0 Å². The Balaban J connectivity index is 1.64. The molecule has 3 heterocycles. The van der Waals surface area contributed by atoms with E-state index in [4.69, 9.17) is 13.6 Å². The maximum atomic E-state index is 13.5. The van der Waals surface area contributed by atoms with Crippen molar-refractivity contribution in [2.45, 2.75) is 0 Å². The van der Waals surface area contributed by atoms with Gasteiger partial charge in [0.25, 0.3) is 0 Å². The SMILES string of the molecule is O=c1c(N2CCOCC2)c(-c2ccc3oc4ccccc4c3c2)oc2ccccc12. The van der Waals surface area contributed by atoms with Crippen LogP contribution in [0.2, 0.25) is 0 Å². The molecule has 0 spiro atoms. The molecule has 1 aliphatic heterocycles. The van der Waals surface area contributed by atoms with Crippen LogP contribution in [0.15, 0.2) is 80.4 Å². The van der Waals surface area contributed by atoms with Crippen LogP contribution in [0.3, 0.4) is 0 Å². The molecule has 1 aliphatic rings. The van der Waals surface area contributed by atoms with Crippen molar-refractivity contribution in [3.8, 4) is 11.3 Å². The minimum absolute atomic E-state index is 0.00843. The molecule has 0 N–H and O–H groups in total. The fourth-order valence-corrected chi connectivity index (χ4v) is 4.27. The van der Waals surface area contributed by atoms with Crippen LogP contribution in [0.25, 0.3) is 44.2 Å². The number of benzene rings is 3. The second-order valence-corrected chi connectivity index (χ2v) is 7.51. The van der Waals surface area contributed by atoms with Gasteiger partial charge in [-0.25, -0.2) is 0 Å². The Morgan fingerprint density at radius 3 is 2.17 bits per heavy atom. The van der Waals surface area contributed by atoms with E-state index in [1.807, 2.05) is 60.7 Å². The van der Waals surface area contributed by atoms with Gasteiger partial charge in [-0.1, -0.05) is 30.3 Å². The van der Waals surface area contributed by atoms with Crippen molar-refractivity contribution in [2.75, 3.05) is 31.2 Å². The lowest BCUT2D eigenvalue weighted by Crippen LogP contribution is -2.39. The first-order valence-electron chi connectivity index (χ1n) is 10.1. The first kappa shape index (κ1) is 17.3. The molecule has 2 aromatic heterocycles. The summed E-state index contributed by atoms with van der Waals surface area (Å²) in [7, 11) is 0. The van der Waals surface area contributed by atoms with Gasteiger partial charge >= 0.3 is 0 Å². The monoisotopic (exact) mass is 397 g/mol. The maximum absolute atomic E-state index is 13.5. The van der Waals surface area contributed by atoms with Gasteiger partial charge in [0.15, 0.2) is 5.76 Å². The third-order valence-electron chi connectivity index (χ3n) is 5.74. The summed E-state index contributed by atoms with van der Waals surface area (Å²) in [6.45, 7) is 2.51. The van der Waals surface area contributed by atoms with E-state index in [2.05, 4.69) is 11.0 Å². The van der Waals surface area contributed by atoms with Crippen molar-refractivity contribution in [1.82, 2.24) is 0 Å². The molecule has 0 radical (unpaired) electrons. The molecule has 0 atom stereocenters. The number of morpholine rings is 1. The van der Waals surface area contributed by atoms with Gasteiger partial charge in [-0.15, -0.1) is 0 Å². The topological polar surface area (TPSA) is 55.8 Å². The van der Waals surface area contributed by atoms with Crippen LogP contribution in [0.4, 0.5) is 5.69 Å². The highest BCUT2D eigenvalue weighted by Crippen LogP contribution is 2.36. The van der Waals surface area contributed by atoms with Crippen LogP contribution < -0.4 is 10.3 Å². The average molecular weight is 397 g/mol. The lowest BCUT2D eigenvalue weighted by Gasteiger charge is -2.29. The van der Waals surface area contributed by atoms with E-state index >= 15 is 0 Å². The summed E-state index contributed by atoms with van der Waals surface area (Å²) < 4.78 is 17.8.